The minimum absolute atomic E-state index is 0. The fraction of sp³-hybridized carbons (Fsp3) is 0.667. The van der Waals surface area contributed by atoms with Gasteiger partial charge >= 0.3 is 0 Å². The summed E-state index contributed by atoms with van der Waals surface area (Å²) in [4.78, 5) is 10.9. The molecule has 3 heteroatoms. The molecule has 0 aliphatic heterocycles. The largest absolute Gasteiger partial charge is 0.351 e. The molecule has 0 radical (unpaired) electrons. The number of nitrogens with zero attached hydrogens (tertiary/aromatic N) is 1. The number of rotatable bonds is 1. The predicted octanol–water partition coefficient (Wildman–Crippen LogP) is -0.298. The van der Waals surface area contributed by atoms with Crippen molar-refractivity contribution >= 4 is 6.41 Å². The van der Waals surface area contributed by atoms with E-state index in [0.717, 1.165) is 6.41 Å². The first-order valence-electron chi connectivity index (χ1n) is 1.39. The van der Waals surface area contributed by atoms with Crippen LogP contribution in [0, 0.1) is 0 Å². The Kier molecular flexibility index (Phi) is 8.01. The summed E-state index contributed by atoms with van der Waals surface area (Å²) in [5, 5.41) is 0. The minimum Gasteiger partial charge on any atom is -0.351 e. The second-order valence-electron chi connectivity index (χ2n) is 1.07. The van der Waals surface area contributed by atoms with Crippen LogP contribution in [0.2, 0.25) is 0 Å². The van der Waals surface area contributed by atoms with Gasteiger partial charge in [0.25, 0.3) is 0 Å². The van der Waals surface area contributed by atoms with Crippen molar-refractivity contribution in [3.05, 3.63) is 0 Å². The summed E-state index contributed by atoms with van der Waals surface area (Å²) in [6.07, 6.45) is 0.750. The number of hydrogen-bond acceptors (Lipinski definition) is 1. The second kappa shape index (κ2) is 5.09. The van der Waals surface area contributed by atoms with Crippen molar-refractivity contribution in [2.75, 3.05) is 14.1 Å². The molecule has 0 spiro atoms. The Balaban J connectivity index is 0. The third-order valence-electron chi connectivity index (χ3n) is 0.211. The first-order chi connectivity index (χ1) is 2.27. The van der Waals surface area contributed by atoms with Crippen LogP contribution in [0.3, 0.4) is 0 Å². The first-order valence-corrected chi connectivity index (χ1v) is 1.39. The average molecular weight is 174 g/mol. The van der Waals surface area contributed by atoms with Gasteiger partial charge in [0, 0.05) is 33.6 Å². The molecule has 0 aromatic rings. The minimum atomic E-state index is 0. The normalized spacial score (nSPS) is 5.67. The zero-order chi connectivity index (χ0) is 4.28. The number of amides is 1. The van der Waals surface area contributed by atoms with E-state index >= 15 is 0 Å². The molecule has 0 bridgehead atoms. The summed E-state index contributed by atoms with van der Waals surface area (Å²) < 4.78 is 0. The molecule has 0 aliphatic carbocycles. The van der Waals surface area contributed by atoms with Crippen molar-refractivity contribution in [1.82, 2.24) is 4.90 Å². The summed E-state index contributed by atoms with van der Waals surface area (Å²) in [6, 6.07) is 0. The van der Waals surface area contributed by atoms with Gasteiger partial charge in [-0.2, -0.15) is 0 Å². The van der Waals surface area contributed by atoms with Crippen LogP contribution in [0.15, 0.2) is 0 Å². The Morgan fingerprint density at radius 3 is 1.67 bits per heavy atom. The smallest absolute Gasteiger partial charge is 0.209 e. The molecular weight excluding hydrogens is 167 g/mol. The van der Waals surface area contributed by atoms with Crippen LogP contribution in [-0.4, -0.2) is 25.4 Å². The van der Waals surface area contributed by atoms with Gasteiger partial charge in [-0.25, -0.2) is 0 Å². The van der Waals surface area contributed by atoms with Gasteiger partial charge in [-0.15, -0.1) is 0 Å². The van der Waals surface area contributed by atoms with Crippen LogP contribution in [-0.2, 0) is 24.3 Å². The Labute approximate surface area is 50.3 Å². The Morgan fingerprint density at radius 1 is 1.50 bits per heavy atom. The van der Waals surface area contributed by atoms with E-state index in [1.54, 1.807) is 14.1 Å². The summed E-state index contributed by atoms with van der Waals surface area (Å²) in [6.45, 7) is 0. The van der Waals surface area contributed by atoms with E-state index < -0.39 is 0 Å². The monoisotopic (exact) mass is 175 g/mol. The molecule has 0 aromatic carbocycles. The molecule has 0 aliphatic rings. The van der Waals surface area contributed by atoms with Crippen LogP contribution in [0.4, 0.5) is 0 Å². The molecule has 0 N–H and O–H groups in total. The molecule has 2 nitrogen and oxygen atoms in total. The van der Waals surface area contributed by atoms with Crippen LogP contribution in [0.5, 0.6) is 0 Å². The predicted molar refractivity (Wildman–Crippen MR) is 19.8 cm³/mol. The van der Waals surface area contributed by atoms with Crippen LogP contribution >= 0.6 is 0 Å². The quantitative estimate of drug-likeness (QED) is 0.395. The fourth-order valence-electron chi connectivity index (χ4n) is 0. The van der Waals surface area contributed by atoms with Gasteiger partial charge in [-0.3, -0.25) is 4.79 Å². The van der Waals surface area contributed by atoms with Crippen molar-refractivity contribution in [2.24, 2.45) is 0 Å². The van der Waals surface area contributed by atoms with E-state index in [-0.39, 0.29) is 19.5 Å². The third kappa shape index (κ3) is 8.94. The van der Waals surface area contributed by atoms with E-state index in [1.165, 1.54) is 4.90 Å². The van der Waals surface area contributed by atoms with Crippen LogP contribution in [0.25, 0.3) is 0 Å². The average Bonchev–Trinajstić information content (AvgIpc) is 1.38. The molecule has 0 aromatic heterocycles. The molecule has 0 unspecified atom stereocenters. The number of hydrogen-bond donors (Lipinski definition) is 0. The van der Waals surface area contributed by atoms with E-state index in [9.17, 15) is 4.79 Å². The third-order valence-corrected chi connectivity index (χ3v) is 0.211. The molecule has 1 amide bonds. The van der Waals surface area contributed by atoms with Gasteiger partial charge in [0.1, 0.15) is 0 Å². The molecule has 0 rings (SSSR count). The summed E-state index contributed by atoms with van der Waals surface area (Å²) in [5.41, 5.74) is 0. The van der Waals surface area contributed by atoms with Gasteiger partial charge in [-0.05, 0) is 0 Å². The van der Waals surface area contributed by atoms with E-state index in [1.807, 2.05) is 0 Å². The van der Waals surface area contributed by atoms with Gasteiger partial charge in [-0.1, -0.05) is 0 Å². The molecule has 0 atom stereocenters. The van der Waals surface area contributed by atoms with Crippen LogP contribution in [0.1, 0.15) is 0 Å². The van der Waals surface area contributed by atoms with Crippen molar-refractivity contribution in [3.63, 3.8) is 0 Å². The zero-order valence-corrected chi connectivity index (χ0v) is 5.52. The van der Waals surface area contributed by atoms with Gasteiger partial charge in [0.05, 0.1) is 0 Å². The van der Waals surface area contributed by atoms with Crippen molar-refractivity contribution in [3.8, 4) is 0 Å². The van der Waals surface area contributed by atoms with E-state index in [2.05, 4.69) is 0 Å². The number of carbonyl (C=O) groups is 1. The molecule has 38 valence electrons. The zero-order valence-electron chi connectivity index (χ0n) is 3.79. The van der Waals surface area contributed by atoms with E-state index in [4.69, 9.17) is 0 Å². The summed E-state index contributed by atoms with van der Waals surface area (Å²) in [7, 11) is 3.38. The van der Waals surface area contributed by atoms with Gasteiger partial charge in [0.15, 0.2) is 0 Å². The summed E-state index contributed by atoms with van der Waals surface area (Å²) >= 11 is 0. The standard InChI is InChI=1S/C3H7NO.Ru/c1-4(2)3-5;/h3H,1-2H3;. The molecule has 6 heavy (non-hydrogen) atoms. The number of carbonyl (C=O) groups excluding carboxylic acids is 1. The van der Waals surface area contributed by atoms with Gasteiger partial charge in [0.2, 0.25) is 6.41 Å². The second-order valence-corrected chi connectivity index (χ2v) is 1.07. The van der Waals surface area contributed by atoms with Gasteiger partial charge < -0.3 is 4.90 Å². The molecule has 0 saturated heterocycles. The molecule has 0 fully saturated rings. The molecular formula is C3H7NORu. The molecule has 0 heterocycles. The Morgan fingerprint density at radius 2 is 1.67 bits per heavy atom. The van der Waals surface area contributed by atoms with Crippen molar-refractivity contribution in [2.45, 2.75) is 0 Å². The topological polar surface area (TPSA) is 20.3 Å². The Hall–Kier alpha value is 0.0934. The van der Waals surface area contributed by atoms with Crippen LogP contribution < -0.4 is 0 Å². The summed E-state index contributed by atoms with van der Waals surface area (Å²) in [5.74, 6) is 0. The van der Waals surface area contributed by atoms with E-state index in [0.29, 0.717) is 0 Å². The maximum absolute atomic E-state index is 9.43. The van der Waals surface area contributed by atoms with Crippen molar-refractivity contribution in [1.29, 1.82) is 0 Å². The molecule has 0 saturated carbocycles. The Bertz CT molecular complexity index is 37.8. The van der Waals surface area contributed by atoms with Crippen molar-refractivity contribution < 1.29 is 24.3 Å². The SMILES string of the molecule is CN(C)C=O.[Ru]. The fourth-order valence-corrected chi connectivity index (χ4v) is 0. The first kappa shape index (κ1) is 9.43. The maximum Gasteiger partial charge on any atom is 0.209 e. The maximum atomic E-state index is 9.43.